The monoisotopic (exact) mass is 462 g/mol. The lowest BCUT2D eigenvalue weighted by atomic mass is 10.2. The Kier molecular flexibility index (Phi) is 6.77. The number of ether oxygens (including phenoxy) is 2. The minimum absolute atomic E-state index is 0.316. The standard InChI is InChI=1S/C20H19BrN2O4S/c1-3-27-19(25)14-7-8-16-17(12-14)28-20(23(16)9-10-26-2)22-18(24)13-5-4-6-15(21)11-13/h4-8,11-12H,3,9-10H2,1-2H3. The number of aromatic nitrogens is 1. The second-order valence-corrected chi connectivity index (χ2v) is 7.78. The quantitative estimate of drug-likeness (QED) is 0.518. The second-order valence-electron chi connectivity index (χ2n) is 5.86. The number of hydrogen-bond acceptors (Lipinski definition) is 5. The highest BCUT2D eigenvalue weighted by Gasteiger charge is 2.13. The predicted molar refractivity (Wildman–Crippen MR) is 112 cm³/mol. The fourth-order valence-corrected chi connectivity index (χ4v) is 4.16. The minimum atomic E-state index is -0.370. The van der Waals surface area contributed by atoms with Crippen molar-refractivity contribution in [2.45, 2.75) is 13.5 Å². The summed E-state index contributed by atoms with van der Waals surface area (Å²) in [6, 6.07) is 12.4. The molecule has 1 amide bonds. The van der Waals surface area contributed by atoms with Gasteiger partial charge in [-0.25, -0.2) is 4.79 Å². The van der Waals surface area contributed by atoms with Crippen LogP contribution >= 0.6 is 27.3 Å². The number of carbonyl (C=O) groups is 2. The molecule has 0 radical (unpaired) electrons. The smallest absolute Gasteiger partial charge is 0.338 e. The summed E-state index contributed by atoms with van der Waals surface area (Å²) in [6.07, 6.45) is 0. The van der Waals surface area contributed by atoms with Gasteiger partial charge < -0.3 is 14.0 Å². The number of esters is 1. The van der Waals surface area contributed by atoms with E-state index in [0.717, 1.165) is 14.7 Å². The van der Waals surface area contributed by atoms with Crippen molar-refractivity contribution in [3.63, 3.8) is 0 Å². The highest BCUT2D eigenvalue weighted by molar-refractivity contribution is 9.10. The van der Waals surface area contributed by atoms with Crippen molar-refractivity contribution in [3.8, 4) is 0 Å². The van der Waals surface area contributed by atoms with Gasteiger partial charge in [-0.3, -0.25) is 4.79 Å². The molecule has 0 fully saturated rings. The van der Waals surface area contributed by atoms with Crippen molar-refractivity contribution < 1.29 is 19.1 Å². The van der Waals surface area contributed by atoms with Gasteiger partial charge in [-0.15, -0.1) is 0 Å². The van der Waals surface area contributed by atoms with Crippen LogP contribution in [0.4, 0.5) is 0 Å². The van der Waals surface area contributed by atoms with E-state index < -0.39 is 0 Å². The molecule has 3 rings (SSSR count). The molecule has 0 atom stereocenters. The van der Waals surface area contributed by atoms with Crippen LogP contribution in [-0.2, 0) is 16.0 Å². The molecule has 0 spiro atoms. The number of fused-ring (bicyclic) bond motifs is 1. The van der Waals surface area contributed by atoms with Gasteiger partial charge in [0.25, 0.3) is 5.91 Å². The summed E-state index contributed by atoms with van der Waals surface area (Å²) in [7, 11) is 1.62. The second kappa shape index (κ2) is 9.27. The molecular weight excluding hydrogens is 444 g/mol. The van der Waals surface area contributed by atoms with Gasteiger partial charge in [0.1, 0.15) is 0 Å². The molecule has 3 aromatic rings. The Morgan fingerprint density at radius 3 is 2.71 bits per heavy atom. The van der Waals surface area contributed by atoms with Crippen LogP contribution in [0, 0.1) is 0 Å². The molecular formula is C20H19BrN2O4S. The highest BCUT2D eigenvalue weighted by atomic mass is 79.9. The Bertz CT molecular complexity index is 1090. The molecule has 0 aliphatic carbocycles. The molecule has 28 heavy (non-hydrogen) atoms. The van der Waals surface area contributed by atoms with Gasteiger partial charge in [-0.05, 0) is 43.3 Å². The molecule has 146 valence electrons. The Hall–Kier alpha value is -2.29. The van der Waals surface area contributed by atoms with Crippen molar-refractivity contribution in [1.29, 1.82) is 0 Å². The Labute approximate surface area is 174 Å². The molecule has 0 saturated carbocycles. The van der Waals surface area contributed by atoms with Crippen molar-refractivity contribution >= 4 is 49.4 Å². The summed E-state index contributed by atoms with van der Waals surface area (Å²) in [4.78, 5) is 29.5. The zero-order valence-corrected chi connectivity index (χ0v) is 17.9. The SMILES string of the molecule is CCOC(=O)c1ccc2c(c1)sc(=NC(=O)c1cccc(Br)c1)n2CCOC. The summed E-state index contributed by atoms with van der Waals surface area (Å²) in [6.45, 7) is 3.10. The number of benzene rings is 2. The van der Waals surface area contributed by atoms with E-state index in [4.69, 9.17) is 9.47 Å². The highest BCUT2D eigenvalue weighted by Crippen LogP contribution is 2.20. The number of rotatable bonds is 6. The van der Waals surface area contributed by atoms with Gasteiger partial charge in [0.2, 0.25) is 0 Å². The van der Waals surface area contributed by atoms with E-state index in [0.29, 0.717) is 35.7 Å². The number of hydrogen-bond donors (Lipinski definition) is 0. The first-order valence-electron chi connectivity index (χ1n) is 8.67. The Morgan fingerprint density at radius 2 is 2.00 bits per heavy atom. The van der Waals surface area contributed by atoms with Crippen LogP contribution in [-0.4, -0.2) is 36.8 Å². The number of halogens is 1. The van der Waals surface area contributed by atoms with Crippen molar-refractivity contribution in [1.82, 2.24) is 4.57 Å². The third-order valence-corrected chi connectivity index (χ3v) is 5.52. The van der Waals surface area contributed by atoms with Crippen LogP contribution in [0.2, 0.25) is 0 Å². The lowest BCUT2D eigenvalue weighted by molar-refractivity contribution is 0.0526. The fourth-order valence-electron chi connectivity index (χ4n) is 2.67. The molecule has 2 aromatic carbocycles. The van der Waals surface area contributed by atoms with Crippen LogP contribution in [0.1, 0.15) is 27.6 Å². The molecule has 1 aromatic heterocycles. The first-order valence-corrected chi connectivity index (χ1v) is 10.3. The average Bonchev–Trinajstić information content (AvgIpc) is 3.02. The van der Waals surface area contributed by atoms with Gasteiger partial charge >= 0.3 is 5.97 Å². The predicted octanol–water partition coefficient (Wildman–Crippen LogP) is 4.03. The number of carbonyl (C=O) groups excluding carboxylic acids is 2. The van der Waals surface area contributed by atoms with Crippen LogP contribution < -0.4 is 4.80 Å². The van der Waals surface area contributed by atoms with E-state index >= 15 is 0 Å². The lowest BCUT2D eigenvalue weighted by Crippen LogP contribution is -2.19. The van der Waals surface area contributed by atoms with E-state index in [9.17, 15) is 9.59 Å². The summed E-state index contributed by atoms with van der Waals surface area (Å²) >= 11 is 4.72. The maximum Gasteiger partial charge on any atom is 0.338 e. The normalized spacial score (nSPS) is 11.8. The number of thiazole rings is 1. The van der Waals surface area contributed by atoms with E-state index in [1.807, 2.05) is 16.7 Å². The largest absolute Gasteiger partial charge is 0.462 e. The maximum absolute atomic E-state index is 12.6. The zero-order valence-electron chi connectivity index (χ0n) is 15.5. The fraction of sp³-hybridized carbons (Fsp3) is 0.250. The maximum atomic E-state index is 12.6. The van der Waals surface area contributed by atoms with Gasteiger partial charge in [0.15, 0.2) is 4.80 Å². The summed E-state index contributed by atoms with van der Waals surface area (Å²) in [5, 5.41) is 0. The number of nitrogens with zero attached hydrogens (tertiary/aromatic N) is 2. The lowest BCUT2D eigenvalue weighted by Gasteiger charge is -2.05. The minimum Gasteiger partial charge on any atom is -0.462 e. The molecule has 8 heteroatoms. The summed E-state index contributed by atoms with van der Waals surface area (Å²) in [5.41, 5.74) is 1.85. The van der Waals surface area contributed by atoms with Crippen LogP contribution in [0.15, 0.2) is 51.9 Å². The first-order chi connectivity index (χ1) is 13.5. The van der Waals surface area contributed by atoms with Crippen molar-refractivity contribution in [2.75, 3.05) is 20.3 Å². The molecule has 6 nitrogen and oxygen atoms in total. The van der Waals surface area contributed by atoms with Crippen molar-refractivity contribution in [3.05, 3.63) is 62.9 Å². The van der Waals surface area contributed by atoms with E-state index in [1.54, 1.807) is 44.4 Å². The van der Waals surface area contributed by atoms with Gasteiger partial charge in [0.05, 0.1) is 29.0 Å². The third-order valence-electron chi connectivity index (χ3n) is 3.98. The molecule has 0 saturated heterocycles. The Morgan fingerprint density at radius 1 is 1.18 bits per heavy atom. The third kappa shape index (κ3) is 4.57. The number of amides is 1. The first kappa shape index (κ1) is 20.4. The molecule has 0 unspecified atom stereocenters. The average molecular weight is 463 g/mol. The van der Waals surface area contributed by atoms with E-state index in [1.165, 1.54) is 11.3 Å². The number of methoxy groups -OCH3 is 1. The van der Waals surface area contributed by atoms with E-state index in [2.05, 4.69) is 20.9 Å². The van der Waals surface area contributed by atoms with Crippen LogP contribution in [0.3, 0.4) is 0 Å². The van der Waals surface area contributed by atoms with Crippen LogP contribution in [0.5, 0.6) is 0 Å². The molecule has 0 bridgehead atoms. The van der Waals surface area contributed by atoms with Gasteiger partial charge in [-0.1, -0.05) is 33.3 Å². The molecule has 1 heterocycles. The zero-order chi connectivity index (χ0) is 20.1. The molecule has 0 N–H and O–H groups in total. The van der Waals surface area contributed by atoms with E-state index in [-0.39, 0.29) is 11.9 Å². The summed E-state index contributed by atoms with van der Waals surface area (Å²) in [5.74, 6) is -0.699. The Balaban J connectivity index is 2.08. The summed E-state index contributed by atoms with van der Waals surface area (Å²) < 4.78 is 13.9. The molecule has 0 aliphatic heterocycles. The van der Waals surface area contributed by atoms with Gasteiger partial charge in [0, 0.05) is 23.7 Å². The van der Waals surface area contributed by atoms with Crippen LogP contribution in [0.25, 0.3) is 10.2 Å². The van der Waals surface area contributed by atoms with Crippen molar-refractivity contribution in [2.24, 2.45) is 4.99 Å². The molecule has 0 aliphatic rings. The van der Waals surface area contributed by atoms with Gasteiger partial charge in [-0.2, -0.15) is 4.99 Å². The topological polar surface area (TPSA) is 69.9 Å².